The number of benzene rings is 1. The van der Waals surface area contributed by atoms with Gasteiger partial charge in [0.05, 0.1) is 23.6 Å². The largest absolute Gasteiger partial charge is 0.492 e. The van der Waals surface area contributed by atoms with Gasteiger partial charge in [-0.25, -0.2) is 0 Å². The third-order valence-electron chi connectivity index (χ3n) is 3.58. The molecule has 0 saturated heterocycles. The Morgan fingerprint density at radius 3 is 2.86 bits per heavy atom. The number of ether oxygens (including phenoxy) is 2. The third-order valence-corrected chi connectivity index (χ3v) is 4.44. The molecule has 0 spiro atoms. The van der Waals surface area contributed by atoms with Crippen LogP contribution in [0.25, 0.3) is 10.7 Å². The van der Waals surface area contributed by atoms with Crippen LogP contribution >= 0.6 is 11.3 Å². The fourth-order valence-corrected chi connectivity index (χ4v) is 2.98. The summed E-state index contributed by atoms with van der Waals surface area (Å²) >= 11 is 1.50. The molecular formula is C19H19N3O5S. The Morgan fingerprint density at radius 2 is 2.07 bits per heavy atom. The second-order valence-corrected chi connectivity index (χ2v) is 6.57. The van der Waals surface area contributed by atoms with Gasteiger partial charge in [-0.05, 0) is 30.5 Å². The quantitative estimate of drug-likeness (QED) is 0.549. The second kappa shape index (κ2) is 9.65. The van der Waals surface area contributed by atoms with Gasteiger partial charge in [0.1, 0.15) is 5.75 Å². The van der Waals surface area contributed by atoms with Crippen molar-refractivity contribution < 1.29 is 23.6 Å². The van der Waals surface area contributed by atoms with Crippen molar-refractivity contribution in [3.63, 3.8) is 0 Å². The molecule has 0 bridgehead atoms. The monoisotopic (exact) mass is 401 g/mol. The summed E-state index contributed by atoms with van der Waals surface area (Å²) in [5.41, 5.74) is 0.525. The molecule has 0 aliphatic heterocycles. The summed E-state index contributed by atoms with van der Waals surface area (Å²) in [6.45, 7) is 1.95. The SMILES string of the molecule is CCOc1ccccc1NC(=O)COC(=O)CCc1nc(-c2cccs2)no1. The van der Waals surface area contributed by atoms with Crippen LogP contribution in [0.15, 0.2) is 46.3 Å². The molecule has 0 saturated carbocycles. The number of hydrogen-bond donors (Lipinski definition) is 1. The number of thiophene rings is 1. The van der Waals surface area contributed by atoms with Crippen molar-refractivity contribution >= 4 is 28.9 Å². The summed E-state index contributed by atoms with van der Waals surface area (Å²) in [7, 11) is 0. The predicted molar refractivity (Wildman–Crippen MR) is 103 cm³/mol. The van der Waals surface area contributed by atoms with E-state index >= 15 is 0 Å². The maximum Gasteiger partial charge on any atom is 0.306 e. The average molecular weight is 401 g/mol. The Morgan fingerprint density at radius 1 is 1.21 bits per heavy atom. The maximum atomic E-state index is 12.0. The highest BCUT2D eigenvalue weighted by molar-refractivity contribution is 7.13. The molecule has 0 fully saturated rings. The minimum absolute atomic E-state index is 0.0366. The van der Waals surface area contributed by atoms with Crippen LogP contribution in [0.1, 0.15) is 19.2 Å². The lowest BCUT2D eigenvalue weighted by atomic mass is 10.3. The summed E-state index contributed by atoms with van der Waals surface area (Å²) < 4.78 is 15.6. The van der Waals surface area contributed by atoms with Gasteiger partial charge < -0.3 is 19.3 Å². The fourth-order valence-electron chi connectivity index (χ4n) is 2.33. The molecule has 8 nitrogen and oxygen atoms in total. The normalized spacial score (nSPS) is 10.5. The molecule has 0 unspecified atom stereocenters. The van der Waals surface area contributed by atoms with Crippen molar-refractivity contribution in [3.8, 4) is 16.5 Å². The Kier molecular flexibility index (Phi) is 6.74. The highest BCUT2D eigenvalue weighted by Crippen LogP contribution is 2.23. The first-order chi connectivity index (χ1) is 13.7. The Labute approximate surface area is 165 Å². The number of para-hydroxylation sites is 2. The van der Waals surface area contributed by atoms with Crippen molar-refractivity contribution in [2.24, 2.45) is 0 Å². The Hall–Kier alpha value is -3.20. The summed E-state index contributed by atoms with van der Waals surface area (Å²) in [6, 6.07) is 10.8. The van der Waals surface area contributed by atoms with Crippen molar-refractivity contribution in [2.75, 3.05) is 18.5 Å². The van der Waals surface area contributed by atoms with E-state index in [-0.39, 0.29) is 19.4 Å². The highest BCUT2D eigenvalue weighted by Gasteiger charge is 2.14. The molecule has 3 rings (SSSR count). The number of rotatable bonds is 9. The van der Waals surface area contributed by atoms with Gasteiger partial charge in [0.15, 0.2) is 6.61 Å². The van der Waals surface area contributed by atoms with Crippen LogP contribution in [-0.2, 0) is 20.7 Å². The maximum absolute atomic E-state index is 12.0. The van der Waals surface area contributed by atoms with Crippen molar-refractivity contribution in [1.29, 1.82) is 0 Å². The molecule has 0 aliphatic rings. The molecule has 0 atom stereocenters. The number of carbonyl (C=O) groups excluding carboxylic acids is 2. The standard InChI is InChI=1S/C19H19N3O5S/c1-2-25-14-7-4-3-6-13(14)20-16(23)12-26-18(24)10-9-17-21-19(22-27-17)15-8-5-11-28-15/h3-8,11H,2,9-10,12H2,1H3,(H,20,23). The van der Waals surface area contributed by atoms with Crippen molar-refractivity contribution in [1.82, 2.24) is 10.1 Å². The van der Waals surface area contributed by atoms with E-state index in [0.717, 1.165) is 4.88 Å². The molecule has 2 aromatic heterocycles. The van der Waals surface area contributed by atoms with Crippen LogP contribution in [0.3, 0.4) is 0 Å². The fraction of sp³-hybridized carbons (Fsp3) is 0.263. The molecule has 1 amide bonds. The number of nitrogens with one attached hydrogen (secondary N) is 1. The van der Waals surface area contributed by atoms with Gasteiger partial charge in [0.25, 0.3) is 5.91 Å². The summed E-state index contributed by atoms with van der Waals surface area (Å²) in [6.07, 6.45) is 0.279. The van der Waals surface area contributed by atoms with Crippen molar-refractivity contribution in [3.05, 3.63) is 47.7 Å². The van der Waals surface area contributed by atoms with Crippen LogP contribution in [0.5, 0.6) is 5.75 Å². The number of nitrogens with zero attached hydrogens (tertiary/aromatic N) is 2. The van der Waals surface area contributed by atoms with Gasteiger partial charge in [0, 0.05) is 6.42 Å². The lowest BCUT2D eigenvalue weighted by Crippen LogP contribution is -2.21. The minimum atomic E-state index is -0.524. The lowest BCUT2D eigenvalue weighted by molar-refractivity contribution is -0.147. The zero-order valence-electron chi connectivity index (χ0n) is 15.2. The zero-order valence-corrected chi connectivity index (χ0v) is 16.0. The summed E-state index contributed by atoms with van der Waals surface area (Å²) in [5, 5.41) is 8.46. The molecule has 3 aromatic rings. The van der Waals surface area contributed by atoms with Crippen molar-refractivity contribution in [2.45, 2.75) is 19.8 Å². The minimum Gasteiger partial charge on any atom is -0.492 e. The van der Waals surface area contributed by atoms with Gasteiger partial charge in [-0.15, -0.1) is 11.3 Å². The van der Waals surface area contributed by atoms with Gasteiger partial charge >= 0.3 is 5.97 Å². The summed E-state index contributed by atoms with van der Waals surface area (Å²) in [4.78, 5) is 29.0. The van der Waals surface area contributed by atoms with E-state index in [1.165, 1.54) is 11.3 Å². The smallest absolute Gasteiger partial charge is 0.306 e. The number of aryl methyl sites for hydroxylation is 1. The number of esters is 1. The number of hydrogen-bond acceptors (Lipinski definition) is 8. The van der Waals surface area contributed by atoms with Gasteiger partial charge in [-0.3, -0.25) is 9.59 Å². The zero-order chi connectivity index (χ0) is 19.8. The molecule has 0 radical (unpaired) electrons. The van der Waals surface area contributed by atoms with Gasteiger partial charge in [-0.1, -0.05) is 23.4 Å². The van der Waals surface area contributed by atoms with Crippen LogP contribution in [0.4, 0.5) is 5.69 Å². The Balaban J connectivity index is 1.42. The third kappa shape index (κ3) is 5.40. The first kappa shape index (κ1) is 19.6. The first-order valence-electron chi connectivity index (χ1n) is 8.69. The van der Waals surface area contributed by atoms with E-state index in [1.54, 1.807) is 18.2 Å². The molecule has 2 heterocycles. The van der Waals surface area contributed by atoms with Crippen LogP contribution in [-0.4, -0.2) is 35.2 Å². The van der Waals surface area contributed by atoms with E-state index in [4.69, 9.17) is 14.0 Å². The van der Waals surface area contributed by atoms with Gasteiger partial charge in [0.2, 0.25) is 11.7 Å². The van der Waals surface area contributed by atoms with E-state index in [1.807, 2.05) is 30.5 Å². The average Bonchev–Trinajstić information content (AvgIpc) is 3.38. The lowest BCUT2D eigenvalue weighted by Gasteiger charge is -2.11. The van der Waals surface area contributed by atoms with E-state index in [9.17, 15) is 9.59 Å². The molecular weight excluding hydrogens is 382 g/mol. The summed E-state index contributed by atoms with van der Waals surface area (Å²) in [5.74, 6) is 0.422. The number of amides is 1. The van der Waals surface area contributed by atoms with E-state index in [0.29, 0.717) is 29.8 Å². The number of aromatic nitrogens is 2. The molecule has 0 aliphatic carbocycles. The van der Waals surface area contributed by atoms with Crippen LogP contribution < -0.4 is 10.1 Å². The molecule has 1 aromatic carbocycles. The van der Waals surface area contributed by atoms with Gasteiger partial charge in [-0.2, -0.15) is 4.98 Å². The second-order valence-electron chi connectivity index (χ2n) is 5.63. The molecule has 146 valence electrons. The molecule has 28 heavy (non-hydrogen) atoms. The first-order valence-corrected chi connectivity index (χ1v) is 9.57. The predicted octanol–water partition coefficient (Wildman–Crippen LogP) is 3.31. The van der Waals surface area contributed by atoms with Crippen LogP contribution in [0.2, 0.25) is 0 Å². The number of carbonyl (C=O) groups is 2. The van der Waals surface area contributed by atoms with E-state index < -0.39 is 11.9 Å². The number of anilines is 1. The van der Waals surface area contributed by atoms with Crippen LogP contribution in [0, 0.1) is 0 Å². The Bertz CT molecular complexity index is 923. The molecule has 9 heteroatoms. The highest BCUT2D eigenvalue weighted by atomic mass is 32.1. The topological polar surface area (TPSA) is 104 Å². The molecule has 1 N–H and O–H groups in total. The van der Waals surface area contributed by atoms with E-state index in [2.05, 4.69) is 15.5 Å².